The number of halogens is 1. The summed E-state index contributed by atoms with van der Waals surface area (Å²) in [4.78, 5) is 20.3. The van der Waals surface area contributed by atoms with Gasteiger partial charge in [0.05, 0.1) is 0 Å². The minimum atomic E-state index is -0.250. The van der Waals surface area contributed by atoms with Gasteiger partial charge in [-0.05, 0) is 29.1 Å². The second-order valence-corrected chi connectivity index (χ2v) is 4.92. The number of benzene rings is 1. The molecule has 1 amide bonds. The van der Waals surface area contributed by atoms with Gasteiger partial charge < -0.3 is 5.32 Å². The highest BCUT2D eigenvalue weighted by Crippen LogP contribution is 2.22. The van der Waals surface area contributed by atoms with Crippen LogP contribution in [-0.4, -0.2) is 15.9 Å². The van der Waals surface area contributed by atoms with E-state index < -0.39 is 0 Å². The molecule has 2 heterocycles. The van der Waals surface area contributed by atoms with E-state index in [1.54, 1.807) is 18.5 Å². The van der Waals surface area contributed by atoms with Crippen molar-refractivity contribution < 1.29 is 4.79 Å². The summed E-state index contributed by atoms with van der Waals surface area (Å²) in [5.41, 5.74) is 1.29. The summed E-state index contributed by atoms with van der Waals surface area (Å²) in [6, 6.07) is 13.0. The number of carbonyl (C=O) groups is 1. The Morgan fingerprint density at radius 2 is 1.90 bits per heavy atom. The molecule has 3 aromatic rings. The van der Waals surface area contributed by atoms with Gasteiger partial charge in [0.25, 0.3) is 5.91 Å². The first kappa shape index (κ1) is 13.5. The Balaban J connectivity index is 1.81. The van der Waals surface area contributed by atoms with E-state index in [0.717, 1.165) is 16.3 Å². The molecule has 0 radical (unpaired) electrons. The predicted molar refractivity (Wildman–Crippen MR) is 82.2 cm³/mol. The average molecular weight is 298 g/mol. The maximum absolute atomic E-state index is 12.2. The molecule has 0 aliphatic heterocycles. The van der Waals surface area contributed by atoms with Gasteiger partial charge in [0.15, 0.2) is 0 Å². The van der Waals surface area contributed by atoms with E-state index in [2.05, 4.69) is 15.3 Å². The number of amides is 1. The largest absolute Gasteiger partial charge is 0.347 e. The monoisotopic (exact) mass is 297 g/mol. The van der Waals surface area contributed by atoms with Gasteiger partial charge >= 0.3 is 0 Å². The maximum Gasteiger partial charge on any atom is 0.270 e. The van der Waals surface area contributed by atoms with Gasteiger partial charge in [-0.3, -0.25) is 9.78 Å². The Kier molecular flexibility index (Phi) is 3.79. The Labute approximate surface area is 126 Å². The fourth-order valence-corrected chi connectivity index (χ4v) is 2.31. The number of hydrogen-bond acceptors (Lipinski definition) is 3. The van der Waals surface area contributed by atoms with E-state index in [0.29, 0.717) is 17.4 Å². The Bertz CT molecular complexity index is 790. The van der Waals surface area contributed by atoms with Crippen LogP contribution in [0.25, 0.3) is 10.8 Å². The van der Waals surface area contributed by atoms with Crippen LogP contribution in [0.4, 0.5) is 0 Å². The summed E-state index contributed by atoms with van der Waals surface area (Å²) in [5.74, 6) is -0.250. The molecule has 0 saturated carbocycles. The molecular formula is C16H12ClN3O. The van der Waals surface area contributed by atoms with Crippen LogP contribution in [0.5, 0.6) is 0 Å². The smallest absolute Gasteiger partial charge is 0.270 e. The second kappa shape index (κ2) is 5.89. The third kappa shape index (κ3) is 3.01. The van der Waals surface area contributed by atoms with Crippen molar-refractivity contribution in [2.75, 3.05) is 0 Å². The molecule has 2 aromatic heterocycles. The van der Waals surface area contributed by atoms with Crippen LogP contribution in [0.2, 0.25) is 5.15 Å². The molecule has 0 bridgehead atoms. The predicted octanol–water partition coefficient (Wildman–Crippen LogP) is 3.21. The van der Waals surface area contributed by atoms with E-state index in [-0.39, 0.29) is 5.91 Å². The molecule has 0 fully saturated rings. The lowest BCUT2D eigenvalue weighted by atomic mass is 10.1. The minimum Gasteiger partial charge on any atom is -0.347 e. The molecule has 0 spiro atoms. The molecular weight excluding hydrogens is 286 g/mol. The van der Waals surface area contributed by atoms with E-state index >= 15 is 0 Å². The molecule has 4 nitrogen and oxygen atoms in total. The Morgan fingerprint density at radius 3 is 2.71 bits per heavy atom. The summed E-state index contributed by atoms with van der Waals surface area (Å²) in [6.45, 7) is 0.424. The molecule has 0 saturated heterocycles. The number of hydrogen-bond donors (Lipinski definition) is 1. The van der Waals surface area contributed by atoms with Crippen molar-refractivity contribution in [2.45, 2.75) is 6.54 Å². The SMILES string of the molecule is O=C(NCc1ccncc1)c1cc2ccccc2c(Cl)n1. The quantitative estimate of drug-likeness (QED) is 0.755. The van der Waals surface area contributed by atoms with E-state index in [1.807, 2.05) is 36.4 Å². The molecule has 0 aliphatic carbocycles. The second-order valence-electron chi connectivity index (χ2n) is 4.56. The first-order valence-corrected chi connectivity index (χ1v) is 6.84. The molecule has 21 heavy (non-hydrogen) atoms. The summed E-state index contributed by atoms with van der Waals surface area (Å²) < 4.78 is 0. The van der Waals surface area contributed by atoms with Gasteiger partial charge in [-0.25, -0.2) is 4.98 Å². The number of aromatic nitrogens is 2. The van der Waals surface area contributed by atoms with Crippen LogP contribution < -0.4 is 5.32 Å². The Morgan fingerprint density at radius 1 is 1.14 bits per heavy atom. The number of pyridine rings is 2. The van der Waals surface area contributed by atoms with Crippen LogP contribution in [0.15, 0.2) is 54.9 Å². The zero-order valence-corrected chi connectivity index (χ0v) is 11.8. The first-order valence-electron chi connectivity index (χ1n) is 6.46. The van der Waals surface area contributed by atoms with E-state index in [1.165, 1.54) is 0 Å². The van der Waals surface area contributed by atoms with Crippen LogP contribution >= 0.6 is 11.6 Å². The fourth-order valence-electron chi connectivity index (χ4n) is 2.05. The first-order chi connectivity index (χ1) is 10.2. The van der Waals surface area contributed by atoms with Crippen LogP contribution in [0.3, 0.4) is 0 Å². The molecule has 0 aliphatic rings. The molecule has 0 unspecified atom stereocenters. The normalized spacial score (nSPS) is 10.5. The van der Waals surface area contributed by atoms with Crippen LogP contribution in [0, 0.1) is 0 Å². The van der Waals surface area contributed by atoms with Crippen molar-refractivity contribution in [3.05, 3.63) is 71.3 Å². The molecule has 104 valence electrons. The summed E-state index contributed by atoms with van der Waals surface area (Å²) in [6.07, 6.45) is 3.37. The van der Waals surface area contributed by atoms with Gasteiger partial charge in [0.1, 0.15) is 10.8 Å². The zero-order chi connectivity index (χ0) is 14.7. The third-order valence-corrected chi connectivity index (χ3v) is 3.42. The standard InChI is InChI=1S/C16H12ClN3O/c17-15-13-4-2-1-3-12(13)9-14(20-15)16(21)19-10-11-5-7-18-8-6-11/h1-9H,10H2,(H,19,21). The number of fused-ring (bicyclic) bond motifs is 1. The van der Waals surface area contributed by atoms with Crippen LogP contribution in [0.1, 0.15) is 16.1 Å². The van der Waals surface area contributed by atoms with Crippen molar-refractivity contribution >= 4 is 28.3 Å². The van der Waals surface area contributed by atoms with Crippen LogP contribution in [-0.2, 0) is 6.54 Å². The van der Waals surface area contributed by atoms with Gasteiger partial charge in [-0.15, -0.1) is 0 Å². The van der Waals surface area contributed by atoms with Gasteiger partial charge in [0.2, 0.25) is 0 Å². The number of rotatable bonds is 3. The third-order valence-electron chi connectivity index (χ3n) is 3.13. The lowest BCUT2D eigenvalue weighted by Gasteiger charge is -2.07. The highest BCUT2D eigenvalue weighted by atomic mass is 35.5. The number of carbonyl (C=O) groups excluding carboxylic acids is 1. The molecule has 1 aromatic carbocycles. The van der Waals surface area contributed by atoms with Crippen molar-refractivity contribution in [3.8, 4) is 0 Å². The van der Waals surface area contributed by atoms with Crippen molar-refractivity contribution in [1.29, 1.82) is 0 Å². The van der Waals surface area contributed by atoms with E-state index in [9.17, 15) is 4.79 Å². The van der Waals surface area contributed by atoms with Gasteiger partial charge in [-0.1, -0.05) is 35.9 Å². The van der Waals surface area contributed by atoms with Crippen molar-refractivity contribution in [3.63, 3.8) is 0 Å². The van der Waals surface area contributed by atoms with Gasteiger partial charge in [-0.2, -0.15) is 0 Å². The molecule has 0 atom stereocenters. The highest BCUT2D eigenvalue weighted by molar-refractivity contribution is 6.34. The maximum atomic E-state index is 12.2. The lowest BCUT2D eigenvalue weighted by Crippen LogP contribution is -2.23. The zero-order valence-electron chi connectivity index (χ0n) is 11.1. The molecule has 5 heteroatoms. The van der Waals surface area contributed by atoms with E-state index in [4.69, 9.17) is 11.6 Å². The summed E-state index contributed by atoms with van der Waals surface area (Å²) >= 11 is 6.12. The summed E-state index contributed by atoms with van der Waals surface area (Å²) in [5, 5.41) is 4.89. The number of nitrogens with zero attached hydrogens (tertiary/aromatic N) is 2. The van der Waals surface area contributed by atoms with Crippen molar-refractivity contribution in [2.24, 2.45) is 0 Å². The number of nitrogens with one attached hydrogen (secondary N) is 1. The molecule has 1 N–H and O–H groups in total. The summed E-state index contributed by atoms with van der Waals surface area (Å²) in [7, 11) is 0. The fraction of sp³-hybridized carbons (Fsp3) is 0.0625. The minimum absolute atomic E-state index is 0.250. The topological polar surface area (TPSA) is 54.9 Å². The molecule has 3 rings (SSSR count). The lowest BCUT2D eigenvalue weighted by molar-refractivity contribution is 0.0946. The highest BCUT2D eigenvalue weighted by Gasteiger charge is 2.10. The van der Waals surface area contributed by atoms with Crippen molar-refractivity contribution in [1.82, 2.24) is 15.3 Å². The Hall–Kier alpha value is -2.46. The average Bonchev–Trinajstić information content (AvgIpc) is 2.53. The van der Waals surface area contributed by atoms with Gasteiger partial charge in [0, 0.05) is 24.3 Å².